The molecule has 1 fully saturated rings. The number of hydrogen-bond donors (Lipinski definition) is 1. The Balaban J connectivity index is 1.66. The Morgan fingerprint density at radius 3 is 2.88 bits per heavy atom. The standard InChI is InChI=1S/C19H26N2O3/c1-14(2)12-18(22)17-13-15-16(20-17)4-3-5-19(15)24-11-8-21-6-9-23-10-7-21/h3-5,13-14,20H,6-12H2,1-2H3. The molecule has 1 N–H and O–H groups in total. The first-order chi connectivity index (χ1) is 11.6. The van der Waals surface area contributed by atoms with Gasteiger partial charge in [-0.1, -0.05) is 19.9 Å². The third kappa shape index (κ3) is 4.16. The first-order valence-corrected chi connectivity index (χ1v) is 8.71. The van der Waals surface area contributed by atoms with E-state index < -0.39 is 0 Å². The van der Waals surface area contributed by atoms with Gasteiger partial charge in [0.2, 0.25) is 0 Å². The van der Waals surface area contributed by atoms with Crippen molar-refractivity contribution in [3.63, 3.8) is 0 Å². The van der Waals surface area contributed by atoms with Gasteiger partial charge in [0, 0.05) is 37.0 Å². The lowest BCUT2D eigenvalue weighted by Crippen LogP contribution is -2.38. The first-order valence-electron chi connectivity index (χ1n) is 8.71. The number of ketones is 1. The van der Waals surface area contributed by atoms with E-state index in [0.29, 0.717) is 24.6 Å². The summed E-state index contributed by atoms with van der Waals surface area (Å²) in [7, 11) is 0. The van der Waals surface area contributed by atoms with E-state index in [4.69, 9.17) is 9.47 Å². The Labute approximate surface area is 142 Å². The highest BCUT2D eigenvalue weighted by Gasteiger charge is 2.14. The molecule has 2 aromatic rings. The molecule has 5 heteroatoms. The van der Waals surface area contributed by atoms with Crippen LogP contribution in [0.1, 0.15) is 30.8 Å². The number of aromatic amines is 1. The fraction of sp³-hybridized carbons (Fsp3) is 0.526. The molecule has 1 aliphatic heterocycles. The van der Waals surface area contributed by atoms with Crippen molar-refractivity contribution in [2.75, 3.05) is 39.5 Å². The summed E-state index contributed by atoms with van der Waals surface area (Å²) in [6.45, 7) is 9.17. The van der Waals surface area contributed by atoms with E-state index in [1.54, 1.807) is 0 Å². The van der Waals surface area contributed by atoms with Crippen molar-refractivity contribution < 1.29 is 14.3 Å². The van der Waals surface area contributed by atoms with E-state index in [0.717, 1.165) is 49.5 Å². The lowest BCUT2D eigenvalue weighted by atomic mass is 10.1. The van der Waals surface area contributed by atoms with Crippen molar-refractivity contribution >= 4 is 16.7 Å². The molecular weight excluding hydrogens is 304 g/mol. The van der Waals surface area contributed by atoms with Crippen LogP contribution in [0.15, 0.2) is 24.3 Å². The second kappa shape index (κ2) is 7.81. The molecule has 5 nitrogen and oxygen atoms in total. The molecule has 130 valence electrons. The minimum absolute atomic E-state index is 0.153. The van der Waals surface area contributed by atoms with Gasteiger partial charge < -0.3 is 14.5 Å². The van der Waals surface area contributed by atoms with E-state index in [-0.39, 0.29) is 5.78 Å². The number of nitrogens with zero attached hydrogens (tertiary/aromatic N) is 1. The third-order valence-corrected chi connectivity index (χ3v) is 4.29. The molecule has 0 radical (unpaired) electrons. The smallest absolute Gasteiger partial charge is 0.179 e. The zero-order chi connectivity index (χ0) is 16.9. The van der Waals surface area contributed by atoms with Gasteiger partial charge in [0.15, 0.2) is 5.78 Å². The predicted octanol–water partition coefficient (Wildman–Crippen LogP) is 3.11. The van der Waals surface area contributed by atoms with Crippen LogP contribution < -0.4 is 4.74 Å². The number of aromatic nitrogens is 1. The van der Waals surface area contributed by atoms with Crippen LogP contribution in [0.2, 0.25) is 0 Å². The summed E-state index contributed by atoms with van der Waals surface area (Å²) < 4.78 is 11.3. The third-order valence-electron chi connectivity index (χ3n) is 4.29. The number of carbonyl (C=O) groups is 1. The fourth-order valence-corrected chi connectivity index (χ4v) is 2.99. The van der Waals surface area contributed by atoms with Crippen molar-refractivity contribution in [1.82, 2.24) is 9.88 Å². The van der Waals surface area contributed by atoms with E-state index in [2.05, 4.69) is 23.7 Å². The second-order valence-electron chi connectivity index (χ2n) is 6.72. The topological polar surface area (TPSA) is 54.6 Å². The van der Waals surface area contributed by atoms with Crippen molar-refractivity contribution in [2.24, 2.45) is 5.92 Å². The lowest BCUT2D eigenvalue weighted by Gasteiger charge is -2.26. The number of rotatable bonds is 7. The monoisotopic (exact) mass is 330 g/mol. The van der Waals surface area contributed by atoms with Gasteiger partial charge in [0.05, 0.1) is 18.9 Å². The van der Waals surface area contributed by atoms with Gasteiger partial charge in [0.25, 0.3) is 0 Å². The molecule has 1 aromatic carbocycles. The maximum absolute atomic E-state index is 12.3. The van der Waals surface area contributed by atoms with Gasteiger partial charge in [-0.05, 0) is 24.1 Å². The number of morpholine rings is 1. The number of fused-ring (bicyclic) bond motifs is 1. The van der Waals surface area contributed by atoms with Gasteiger partial charge in [-0.3, -0.25) is 9.69 Å². The molecule has 0 unspecified atom stereocenters. The van der Waals surface area contributed by atoms with Crippen molar-refractivity contribution in [1.29, 1.82) is 0 Å². The number of hydrogen-bond acceptors (Lipinski definition) is 4. The molecule has 2 heterocycles. The number of benzene rings is 1. The van der Waals surface area contributed by atoms with Crippen LogP contribution in [0.4, 0.5) is 0 Å². The molecule has 24 heavy (non-hydrogen) atoms. The SMILES string of the molecule is CC(C)CC(=O)c1cc2c(OCCN3CCOCC3)cccc2[nH]1. The summed E-state index contributed by atoms with van der Waals surface area (Å²) in [6, 6.07) is 7.83. The normalized spacial score (nSPS) is 16.0. The van der Waals surface area contributed by atoms with Gasteiger partial charge in [-0.2, -0.15) is 0 Å². The number of carbonyl (C=O) groups excluding carboxylic acids is 1. The summed E-state index contributed by atoms with van der Waals surface area (Å²) in [5.41, 5.74) is 1.62. The number of nitrogens with one attached hydrogen (secondary N) is 1. The molecule has 0 aliphatic carbocycles. The summed E-state index contributed by atoms with van der Waals surface area (Å²) in [5, 5.41) is 0.978. The largest absolute Gasteiger partial charge is 0.492 e. The van der Waals surface area contributed by atoms with Gasteiger partial charge >= 0.3 is 0 Å². The zero-order valence-electron chi connectivity index (χ0n) is 14.5. The molecule has 0 atom stereocenters. The Hall–Kier alpha value is -1.85. The minimum Gasteiger partial charge on any atom is -0.492 e. The molecule has 1 saturated heterocycles. The van der Waals surface area contributed by atoms with Crippen LogP contribution in [0, 0.1) is 5.92 Å². The molecule has 1 aliphatic rings. The van der Waals surface area contributed by atoms with Crippen LogP contribution in [0.5, 0.6) is 5.75 Å². The molecule has 1 aromatic heterocycles. The van der Waals surface area contributed by atoms with E-state index >= 15 is 0 Å². The van der Waals surface area contributed by atoms with Crippen LogP contribution in [-0.4, -0.2) is 55.1 Å². The predicted molar refractivity (Wildman–Crippen MR) is 94.8 cm³/mol. The van der Waals surface area contributed by atoms with Gasteiger partial charge in [-0.25, -0.2) is 0 Å². The number of Topliss-reactive ketones (excluding diaryl/α,β-unsaturated/α-hetero) is 1. The quantitative estimate of drug-likeness (QED) is 0.793. The molecule has 0 amide bonds. The molecule has 3 rings (SSSR count). The van der Waals surface area contributed by atoms with Crippen LogP contribution >= 0.6 is 0 Å². The fourth-order valence-electron chi connectivity index (χ4n) is 2.99. The lowest BCUT2D eigenvalue weighted by molar-refractivity contribution is 0.0323. The second-order valence-corrected chi connectivity index (χ2v) is 6.72. The minimum atomic E-state index is 0.153. The summed E-state index contributed by atoms with van der Waals surface area (Å²) in [6.07, 6.45) is 0.556. The Bertz CT molecular complexity index is 687. The highest BCUT2D eigenvalue weighted by molar-refractivity contribution is 6.00. The van der Waals surface area contributed by atoms with E-state index in [1.807, 2.05) is 24.3 Å². The van der Waals surface area contributed by atoms with Crippen molar-refractivity contribution in [3.05, 3.63) is 30.0 Å². The highest BCUT2D eigenvalue weighted by atomic mass is 16.5. The zero-order valence-corrected chi connectivity index (χ0v) is 14.5. The average Bonchev–Trinajstić information content (AvgIpc) is 3.00. The van der Waals surface area contributed by atoms with E-state index in [9.17, 15) is 4.79 Å². The highest BCUT2D eigenvalue weighted by Crippen LogP contribution is 2.27. The summed E-state index contributed by atoms with van der Waals surface area (Å²) in [4.78, 5) is 17.8. The average molecular weight is 330 g/mol. The Kier molecular flexibility index (Phi) is 5.53. The Morgan fingerprint density at radius 2 is 2.12 bits per heavy atom. The van der Waals surface area contributed by atoms with E-state index in [1.165, 1.54) is 0 Å². The maximum atomic E-state index is 12.3. The molecule has 0 saturated carbocycles. The van der Waals surface area contributed by atoms with Gasteiger partial charge in [-0.15, -0.1) is 0 Å². The van der Waals surface area contributed by atoms with Gasteiger partial charge in [0.1, 0.15) is 12.4 Å². The summed E-state index contributed by atoms with van der Waals surface area (Å²) >= 11 is 0. The maximum Gasteiger partial charge on any atom is 0.179 e. The van der Waals surface area contributed by atoms with Crippen LogP contribution in [0.25, 0.3) is 10.9 Å². The first kappa shape index (κ1) is 17.0. The van der Waals surface area contributed by atoms with Crippen LogP contribution in [0.3, 0.4) is 0 Å². The Morgan fingerprint density at radius 1 is 1.33 bits per heavy atom. The summed E-state index contributed by atoms with van der Waals surface area (Å²) in [5.74, 6) is 1.34. The molecular formula is C19H26N2O3. The van der Waals surface area contributed by atoms with Crippen LogP contribution in [-0.2, 0) is 4.74 Å². The molecule has 0 bridgehead atoms. The number of H-pyrrole nitrogens is 1. The van der Waals surface area contributed by atoms with Crippen molar-refractivity contribution in [3.8, 4) is 5.75 Å². The van der Waals surface area contributed by atoms with Crippen molar-refractivity contribution in [2.45, 2.75) is 20.3 Å². The molecule has 0 spiro atoms. The number of ether oxygens (including phenoxy) is 2.